The monoisotopic (exact) mass is 1230 g/mol. The molecule has 0 unspecified atom stereocenters. The van der Waals surface area contributed by atoms with Gasteiger partial charge in [-0.25, -0.2) is 0 Å². The second kappa shape index (κ2) is 20.7. The third kappa shape index (κ3) is 7.61. The summed E-state index contributed by atoms with van der Waals surface area (Å²) < 4.78 is 11.9. The van der Waals surface area contributed by atoms with Crippen molar-refractivity contribution < 1.29 is 4.74 Å². The summed E-state index contributed by atoms with van der Waals surface area (Å²) in [6, 6.07) is 129. The first-order chi connectivity index (χ1) is 48.2. The van der Waals surface area contributed by atoms with E-state index in [9.17, 15) is 0 Å². The molecule has 5 nitrogen and oxygen atoms in total. The number of ether oxygens (including phenoxy) is 1. The van der Waals surface area contributed by atoms with E-state index in [2.05, 4.69) is 365 Å². The number of aromatic nitrogens is 2. The van der Waals surface area contributed by atoms with Crippen LogP contribution in [0.15, 0.2) is 346 Å². The Morgan fingerprint density at radius 1 is 0.247 bits per heavy atom. The fourth-order valence-corrected chi connectivity index (χ4v) is 17.4. The molecule has 15 aromatic carbocycles. The van der Waals surface area contributed by atoms with E-state index in [0.717, 1.165) is 113 Å². The summed E-state index contributed by atoms with van der Waals surface area (Å²) in [5.74, 6) is 1.74. The topological polar surface area (TPSA) is 25.6 Å². The molecule has 0 atom stereocenters. The van der Waals surface area contributed by atoms with Gasteiger partial charge >= 0.3 is 0 Å². The zero-order valence-corrected chi connectivity index (χ0v) is 52.7. The molecule has 3 aliphatic heterocycles. The van der Waals surface area contributed by atoms with Gasteiger partial charge in [0, 0.05) is 72.2 Å². The predicted molar refractivity (Wildman–Crippen MR) is 403 cm³/mol. The Hall–Kier alpha value is -12.6. The van der Waals surface area contributed by atoms with Crippen LogP contribution in [0.1, 0.15) is 22.3 Å². The summed E-state index contributed by atoms with van der Waals surface area (Å²) in [6.07, 6.45) is 0. The second-order valence-corrected chi connectivity index (χ2v) is 26.2. The first-order valence-corrected chi connectivity index (χ1v) is 33.6. The second-order valence-electron chi connectivity index (χ2n) is 26.2. The molecule has 0 saturated carbocycles. The molecule has 17 aromatic rings. The van der Waals surface area contributed by atoms with Gasteiger partial charge in [-0.3, -0.25) is 0 Å². The van der Waals surface area contributed by atoms with Crippen molar-refractivity contribution in [2.24, 2.45) is 0 Å². The molecule has 4 aliphatic rings. The highest BCUT2D eigenvalue weighted by Crippen LogP contribution is 2.63. The van der Waals surface area contributed by atoms with Crippen LogP contribution < -0.4 is 30.9 Å². The van der Waals surface area contributed by atoms with Crippen molar-refractivity contribution in [3.05, 3.63) is 368 Å². The molecule has 1 spiro atoms. The van der Waals surface area contributed by atoms with E-state index in [4.69, 9.17) is 4.74 Å². The lowest BCUT2D eigenvalue weighted by Crippen LogP contribution is -2.61. The number of fused-ring (bicyclic) bond motifs is 19. The molecule has 0 amide bonds. The molecule has 0 fully saturated rings. The van der Waals surface area contributed by atoms with Crippen molar-refractivity contribution in [2.45, 2.75) is 5.41 Å². The summed E-state index contributed by atoms with van der Waals surface area (Å²) in [4.78, 5) is 5.28. The molecular formula is C91H57BN4O. The highest BCUT2D eigenvalue weighted by Gasteiger charge is 2.53. The van der Waals surface area contributed by atoms with Crippen LogP contribution in [0.3, 0.4) is 0 Å². The minimum atomic E-state index is -0.716. The maximum Gasteiger partial charge on any atom is 0.252 e. The summed E-state index contributed by atoms with van der Waals surface area (Å²) in [5, 5.41) is 4.90. The van der Waals surface area contributed by atoms with Crippen LogP contribution in [0.5, 0.6) is 11.5 Å². The van der Waals surface area contributed by atoms with Crippen LogP contribution in [0.2, 0.25) is 0 Å². The van der Waals surface area contributed by atoms with Crippen LogP contribution >= 0.6 is 0 Å². The molecule has 0 radical (unpaired) electrons. The van der Waals surface area contributed by atoms with Crippen molar-refractivity contribution in [2.75, 3.05) is 9.80 Å². The van der Waals surface area contributed by atoms with Crippen molar-refractivity contribution in [3.8, 4) is 67.4 Å². The maximum atomic E-state index is 6.98. The summed E-state index contributed by atoms with van der Waals surface area (Å²) in [6.45, 7) is -0.267. The lowest BCUT2D eigenvalue weighted by molar-refractivity contribution is 0.436. The van der Waals surface area contributed by atoms with E-state index >= 15 is 0 Å². The zero-order valence-electron chi connectivity index (χ0n) is 52.7. The van der Waals surface area contributed by atoms with E-state index in [1.807, 2.05) is 0 Å². The van der Waals surface area contributed by atoms with Gasteiger partial charge in [0.25, 0.3) is 6.71 Å². The van der Waals surface area contributed by atoms with E-state index in [1.165, 1.54) is 71.2 Å². The van der Waals surface area contributed by atoms with Gasteiger partial charge in [-0.2, -0.15) is 0 Å². The average Bonchev–Trinajstić information content (AvgIpc) is 1.64. The number of rotatable bonds is 7. The van der Waals surface area contributed by atoms with Crippen LogP contribution in [0, 0.1) is 0 Å². The van der Waals surface area contributed by atoms with Gasteiger partial charge < -0.3 is 23.7 Å². The lowest BCUT2D eigenvalue weighted by Gasteiger charge is -2.46. The third-order valence-corrected chi connectivity index (χ3v) is 21.3. The van der Waals surface area contributed by atoms with Crippen LogP contribution in [0.25, 0.3) is 99.5 Å². The van der Waals surface area contributed by atoms with Gasteiger partial charge in [-0.15, -0.1) is 0 Å². The van der Waals surface area contributed by atoms with E-state index in [-0.39, 0.29) is 6.71 Å². The van der Waals surface area contributed by atoms with Gasteiger partial charge in [0.15, 0.2) is 0 Å². The molecule has 21 rings (SSSR count). The van der Waals surface area contributed by atoms with Gasteiger partial charge in [-0.05, 0) is 146 Å². The molecule has 97 heavy (non-hydrogen) atoms. The molecule has 450 valence electrons. The summed E-state index contributed by atoms with van der Waals surface area (Å²) in [7, 11) is 0. The smallest absolute Gasteiger partial charge is 0.252 e. The standard InChI is InChI=1S/C91H57BN4O/c1-3-26-58(27-4-1)64-32-8-17-42-78(64)95-84-53-61(60-30-25-31-62(52-60)93-80-44-19-10-35-67(80)68-36-11-20-45-81(68)93)50-51-76(84)92-77-57-75-71(66-34-7-14-39-72(66)91(75)73-40-15-23-48-88(73)97-89-49-24-16-41-74(89)91)56-85(77)96(79-43-18-9-33-65(79)59-28-5-2-6-29-59)87-55-63(54-86(95)90(87)92)94-82-46-21-12-37-69(82)70-38-13-22-47-83(70)94/h1-57H. The van der Waals surface area contributed by atoms with Crippen molar-refractivity contribution >= 4 is 101 Å². The molecule has 0 saturated heterocycles. The number of hydrogen-bond donors (Lipinski definition) is 0. The van der Waals surface area contributed by atoms with E-state index in [0.29, 0.717) is 0 Å². The molecule has 5 heterocycles. The molecule has 0 N–H and O–H groups in total. The minimum absolute atomic E-state index is 0.267. The van der Waals surface area contributed by atoms with Gasteiger partial charge in [0.05, 0.1) is 44.5 Å². The maximum absolute atomic E-state index is 6.98. The lowest BCUT2D eigenvalue weighted by atomic mass is 9.33. The van der Waals surface area contributed by atoms with E-state index in [1.54, 1.807) is 0 Å². The van der Waals surface area contributed by atoms with E-state index < -0.39 is 5.41 Å². The Labute approximate surface area is 561 Å². The highest BCUT2D eigenvalue weighted by molar-refractivity contribution is 7.00. The van der Waals surface area contributed by atoms with Crippen LogP contribution in [-0.4, -0.2) is 15.8 Å². The summed E-state index contributed by atoms with van der Waals surface area (Å²) >= 11 is 0. The van der Waals surface area contributed by atoms with Crippen LogP contribution in [0.4, 0.5) is 34.1 Å². The minimum Gasteiger partial charge on any atom is -0.457 e. The summed E-state index contributed by atoms with van der Waals surface area (Å²) in [5.41, 5.74) is 30.5. The predicted octanol–water partition coefficient (Wildman–Crippen LogP) is 21.4. The molecule has 0 bridgehead atoms. The SMILES string of the molecule is c1ccc(-c2ccccc2N2c3cc(-c4cccc(-n5c6ccccc6c6ccccc65)c4)ccc3B3c4cc5c(cc4N(c4ccccc4-c4ccccc4)c4cc(-n6c7ccccc7c7ccccc76)cc2c43)-c2ccccc2C52c3ccccc3Oc3ccccc32)cc1. The van der Waals surface area contributed by atoms with Crippen molar-refractivity contribution in [3.63, 3.8) is 0 Å². The Kier molecular flexibility index (Phi) is 11.5. The molecule has 1 aliphatic carbocycles. The number of hydrogen-bond acceptors (Lipinski definition) is 3. The van der Waals surface area contributed by atoms with Crippen LogP contribution in [-0.2, 0) is 5.41 Å². The van der Waals surface area contributed by atoms with Crippen molar-refractivity contribution in [1.29, 1.82) is 0 Å². The Morgan fingerprint density at radius 3 is 1.24 bits per heavy atom. The first-order valence-electron chi connectivity index (χ1n) is 33.6. The number of nitrogens with zero attached hydrogens (tertiary/aromatic N) is 4. The largest absolute Gasteiger partial charge is 0.457 e. The normalized spacial score (nSPS) is 13.5. The number of benzene rings is 15. The number of para-hydroxylation sites is 8. The Balaban J connectivity index is 0.912. The van der Waals surface area contributed by atoms with Gasteiger partial charge in [-0.1, -0.05) is 261 Å². The third-order valence-electron chi connectivity index (χ3n) is 21.3. The Bertz CT molecular complexity index is 6010. The molecule has 2 aromatic heterocycles. The average molecular weight is 1230 g/mol. The quantitative estimate of drug-likeness (QED) is 0.149. The first kappa shape index (κ1) is 53.8. The highest BCUT2D eigenvalue weighted by atomic mass is 16.5. The van der Waals surface area contributed by atoms with Gasteiger partial charge in [0.1, 0.15) is 11.5 Å². The molecule has 6 heteroatoms. The van der Waals surface area contributed by atoms with Crippen molar-refractivity contribution in [1.82, 2.24) is 9.13 Å². The number of anilines is 6. The Morgan fingerprint density at radius 2 is 0.680 bits per heavy atom. The zero-order chi connectivity index (χ0) is 63.5. The molecular weight excluding hydrogens is 1180 g/mol. The fraction of sp³-hybridized carbons (Fsp3) is 0.0110. The van der Waals surface area contributed by atoms with Gasteiger partial charge in [0.2, 0.25) is 0 Å². The fourth-order valence-electron chi connectivity index (χ4n) is 17.4.